The first kappa shape index (κ1) is 19.2. The molecule has 1 atom stereocenters. The number of aromatic nitrogens is 1. The number of amides is 1. The molecule has 1 fully saturated rings. The van der Waals surface area contributed by atoms with E-state index in [9.17, 15) is 4.79 Å². The van der Waals surface area contributed by atoms with Crippen molar-refractivity contribution in [3.8, 4) is 0 Å². The molecule has 0 saturated carbocycles. The molecule has 7 nitrogen and oxygen atoms in total. The summed E-state index contributed by atoms with van der Waals surface area (Å²) in [5.41, 5.74) is 15.8. The van der Waals surface area contributed by atoms with Gasteiger partial charge in [-0.2, -0.15) is 0 Å². The van der Waals surface area contributed by atoms with Crippen molar-refractivity contribution in [2.24, 2.45) is 22.4 Å². The lowest BCUT2D eigenvalue weighted by atomic mass is 10.1. The fourth-order valence-corrected chi connectivity index (χ4v) is 4.24. The molecule has 1 aromatic heterocycles. The van der Waals surface area contributed by atoms with Crippen LogP contribution in [-0.4, -0.2) is 48.9 Å². The Labute approximate surface area is 163 Å². The number of carbonyl (C=O) groups is 1. The van der Waals surface area contributed by atoms with Gasteiger partial charge in [0.15, 0.2) is 5.96 Å². The second-order valence-corrected chi connectivity index (χ2v) is 7.80. The van der Waals surface area contributed by atoms with E-state index in [2.05, 4.69) is 14.9 Å². The van der Waals surface area contributed by atoms with E-state index >= 15 is 0 Å². The fourth-order valence-electron chi connectivity index (χ4n) is 3.35. The maximum Gasteiger partial charge on any atom is 0.227 e. The van der Waals surface area contributed by atoms with Crippen LogP contribution < -0.4 is 16.4 Å². The summed E-state index contributed by atoms with van der Waals surface area (Å²) < 4.78 is 0. The van der Waals surface area contributed by atoms with Gasteiger partial charge in [-0.3, -0.25) is 4.79 Å². The van der Waals surface area contributed by atoms with E-state index in [-0.39, 0.29) is 17.8 Å². The monoisotopic (exact) mass is 386 g/mol. The van der Waals surface area contributed by atoms with Crippen LogP contribution in [0.25, 0.3) is 0 Å². The normalized spacial score (nSPS) is 16.4. The first-order valence-electron chi connectivity index (χ1n) is 9.01. The number of carbonyl (C=O) groups excluding carboxylic acids is 1. The van der Waals surface area contributed by atoms with E-state index in [1.807, 2.05) is 43.9 Å². The average molecular weight is 387 g/mol. The van der Waals surface area contributed by atoms with Crippen LogP contribution >= 0.6 is 11.3 Å². The number of benzene rings is 1. The van der Waals surface area contributed by atoms with Crippen LogP contribution in [0.4, 0.5) is 10.7 Å². The lowest BCUT2D eigenvalue weighted by Crippen LogP contribution is -2.31. The van der Waals surface area contributed by atoms with Crippen LogP contribution in [0.15, 0.2) is 34.8 Å². The number of nitrogens with zero attached hydrogens (tertiary/aromatic N) is 4. The molecule has 0 radical (unpaired) electrons. The van der Waals surface area contributed by atoms with E-state index < -0.39 is 0 Å². The van der Waals surface area contributed by atoms with Gasteiger partial charge in [-0.05, 0) is 37.0 Å². The van der Waals surface area contributed by atoms with Gasteiger partial charge in [0, 0.05) is 27.2 Å². The molecule has 1 saturated heterocycles. The van der Waals surface area contributed by atoms with Crippen molar-refractivity contribution in [3.05, 3.63) is 41.0 Å². The maximum absolute atomic E-state index is 12.2. The number of anilines is 1. The van der Waals surface area contributed by atoms with Gasteiger partial charge >= 0.3 is 0 Å². The first-order chi connectivity index (χ1) is 12.9. The highest BCUT2D eigenvalue weighted by molar-refractivity contribution is 7.14. The van der Waals surface area contributed by atoms with Crippen LogP contribution in [0.3, 0.4) is 0 Å². The maximum atomic E-state index is 12.2. The van der Waals surface area contributed by atoms with Crippen LogP contribution in [0.1, 0.15) is 17.7 Å². The molecular formula is C19H26N6OS. The summed E-state index contributed by atoms with van der Waals surface area (Å²) >= 11 is 1.66. The third-order valence-electron chi connectivity index (χ3n) is 4.73. The Morgan fingerprint density at radius 1 is 1.30 bits per heavy atom. The molecule has 0 spiro atoms. The zero-order chi connectivity index (χ0) is 19.4. The van der Waals surface area contributed by atoms with E-state index in [1.54, 1.807) is 16.2 Å². The number of aryl methyl sites for hydroxylation is 2. The number of guanidine groups is 1. The summed E-state index contributed by atoms with van der Waals surface area (Å²) in [6, 6.07) is 7.90. The van der Waals surface area contributed by atoms with Crippen molar-refractivity contribution >= 4 is 33.9 Å². The summed E-state index contributed by atoms with van der Waals surface area (Å²) in [6.07, 6.45) is 2.66. The Balaban J connectivity index is 1.61. The van der Waals surface area contributed by atoms with E-state index in [0.29, 0.717) is 0 Å². The molecule has 1 aliphatic heterocycles. The predicted octanol–water partition coefficient (Wildman–Crippen LogP) is 1.75. The molecule has 4 N–H and O–H groups in total. The largest absolute Gasteiger partial charge is 0.370 e. The lowest BCUT2D eigenvalue weighted by Gasteiger charge is -2.19. The van der Waals surface area contributed by atoms with Gasteiger partial charge < -0.3 is 21.3 Å². The first-order valence-corrected chi connectivity index (χ1v) is 9.89. The van der Waals surface area contributed by atoms with E-state index in [4.69, 9.17) is 11.5 Å². The van der Waals surface area contributed by atoms with Gasteiger partial charge in [0.25, 0.3) is 0 Å². The van der Waals surface area contributed by atoms with Crippen molar-refractivity contribution in [2.75, 3.05) is 32.1 Å². The molecule has 144 valence electrons. The number of thiazole rings is 1. The second kappa shape index (κ2) is 8.39. The Morgan fingerprint density at radius 3 is 2.70 bits per heavy atom. The van der Waals surface area contributed by atoms with Gasteiger partial charge in [0.05, 0.1) is 22.8 Å². The van der Waals surface area contributed by atoms with Crippen molar-refractivity contribution in [1.29, 1.82) is 0 Å². The molecule has 3 rings (SSSR count). The standard InChI is InChI=1S/C19H26N6OS/c1-24(2)17(26)14-9-10-25(11-14)18-16(22-12-27-18)8-5-13-3-6-15(7-4-13)23-19(20)21/h3-4,6-7,12,14H,5,8-11H2,1-2H3,(H4,20,21,23). The highest BCUT2D eigenvalue weighted by atomic mass is 32.1. The molecule has 0 aliphatic carbocycles. The number of hydrogen-bond acceptors (Lipinski definition) is 5. The molecule has 0 bridgehead atoms. The quantitative estimate of drug-likeness (QED) is 0.582. The summed E-state index contributed by atoms with van der Waals surface area (Å²) in [7, 11) is 3.64. The summed E-state index contributed by atoms with van der Waals surface area (Å²) in [5.74, 6) is 0.356. The summed E-state index contributed by atoms with van der Waals surface area (Å²) in [5, 5.41) is 1.20. The van der Waals surface area contributed by atoms with Crippen LogP contribution in [0.2, 0.25) is 0 Å². The van der Waals surface area contributed by atoms with Gasteiger partial charge in [-0.1, -0.05) is 12.1 Å². The summed E-state index contributed by atoms with van der Waals surface area (Å²) in [6.45, 7) is 1.69. The molecular weight excluding hydrogens is 360 g/mol. The Bertz CT molecular complexity index is 810. The van der Waals surface area contributed by atoms with Gasteiger partial charge in [-0.25, -0.2) is 9.98 Å². The predicted molar refractivity (Wildman–Crippen MR) is 110 cm³/mol. The van der Waals surface area contributed by atoms with E-state index in [0.717, 1.165) is 43.7 Å². The van der Waals surface area contributed by atoms with Crippen LogP contribution in [0.5, 0.6) is 0 Å². The van der Waals surface area contributed by atoms with Crippen LogP contribution in [-0.2, 0) is 17.6 Å². The molecule has 1 aromatic carbocycles. The third kappa shape index (κ3) is 4.77. The number of hydrogen-bond donors (Lipinski definition) is 2. The minimum Gasteiger partial charge on any atom is -0.370 e. The second-order valence-electron chi connectivity index (χ2n) is 6.97. The average Bonchev–Trinajstić information content (AvgIpc) is 3.29. The molecule has 2 aromatic rings. The lowest BCUT2D eigenvalue weighted by molar-refractivity contribution is -0.132. The minimum absolute atomic E-state index is 0.0616. The highest BCUT2D eigenvalue weighted by Gasteiger charge is 2.31. The Kier molecular flexibility index (Phi) is 5.95. The Morgan fingerprint density at radius 2 is 2.04 bits per heavy atom. The smallest absolute Gasteiger partial charge is 0.227 e. The minimum atomic E-state index is 0.0616. The summed E-state index contributed by atoms with van der Waals surface area (Å²) in [4.78, 5) is 24.8. The number of aliphatic imine (C=N–C) groups is 1. The molecule has 27 heavy (non-hydrogen) atoms. The number of nitrogens with two attached hydrogens (primary N) is 2. The molecule has 1 aliphatic rings. The SMILES string of the molecule is CN(C)C(=O)C1CCN(c2scnc2CCc2ccc(N=C(N)N)cc2)C1. The van der Waals surface area contributed by atoms with Crippen molar-refractivity contribution in [2.45, 2.75) is 19.3 Å². The van der Waals surface area contributed by atoms with Crippen molar-refractivity contribution in [1.82, 2.24) is 9.88 Å². The van der Waals surface area contributed by atoms with E-state index in [1.165, 1.54) is 10.6 Å². The van der Waals surface area contributed by atoms with Crippen LogP contribution in [0, 0.1) is 5.92 Å². The topological polar surface area (TPSA) is 101 Å². The molecule has 2 heterocycles. The molecule has 1 unspecified atom stereocenters. The zero-order valence-corrected chi connectivity index (χ0v) is 16.6. The third-order valence-corrected chi connectivity index (χ3v) is 5.66. The fraction of sp³-hybridized carbons (Fsp3) is 0.421. The van der Waals surface area contributed by atoms with Gasteiger partial charge in [-0.15, -0.1) is 11.3 Å². The zero-order valence-electron chi connectivity index (χ0n) is 15.8. The molecule has 1 amide bonds. The number of rotatable bonds is 6. The Hall–Kier alpha value is -2.61. The van der Waals surface area contributed by atoms with Crippen molar-refractivity contribution in [3.63, 3.8) is 0 Å². The highest BCUT2D eigenvalue weighted by Crippen LogP contribution is 2.31. The van der Waals surface area contributed by atoms with Gasteiger partial charge in [0.1, 0.15) is 5.00 Å². The molecule has 8 heteroatoms. The van der Waals surface area contributed by atoms with Gasteiger partial charge in [0.2, 0.25) is 5.91 Å². The van der Waals surface area contributed by atoms with Crippen molar-refractivity contribution < 1.29 is 4.79 Å².